The van der Waals surface area contributed by atoms with Gasteiger partial charge >= 0.3 is 0 Å². The van der Waals surface area contributed by atoms with Gasteiger partial charge in [0.2, 0.25) is 0 Å². The van der Waals surface area contributed by atoms with Gasteiger partial charge in [0.05, 0.1) is 5.60 Å². The minimum Gasteiger partial charge on any atom is -0.491 e. The van der Waals surface area contributed by atoms with E-state index in [1.54, 1.807) is 13.0 Å². The van der Waals surface area contributed by atoms with Crippen molar-refractivity contribution in [2.45, 2.75) is 18.9 Å². The highest BCUT2D eigenvalue weighted by Crippen LogP contribution is 2.14. The zero-order valence-electron chi connectivity index (χ0n) is 8.44. The Morgan fingerprint density at radius 3 is 2.64 bits per heavy atom. The summed E-state index contributed by atoms with van der Waals surface area (Å²) < 4.78 is 5.43. The molecule has 2 heteroatoms. The molecule has 1 aromatic carbocycles. The number of rotatable bonds is 5. The van der Waals surface area contributed by atoms with Crippen LogP contribution in [-0.4, -0.2) is 17.3 Å². The monoisotopic (exact) mass is 192 g/mol. The van der Waals surface area contributed by atoms with Crippen LogP contribution in [0.15, 0.2) is 43.0 Å². The molecule has 1 aromatic rings. The summed E-state index contributed by atoms with van der Waals surface area (Å²) in [5, 5.41) is 9.78. The van der Waals surface area contributed by atoms with Crippen LogP contribution in [0.5, 0.6) is 5.75 Å². The van der Waals surface area contributed by atoms with Crippen LogP contribution in [0.4, 0.5) is 0 Å². The molecule has 0 aliphatic rings. The third kappa shape index (κ3) is 3.62. The van der Waals surface area contributed by atoms with Crippen molar-refractivity contribution in [2.24, 2.45) is 0 Å². The van der Waals surface area contributed by atoms with E-state index in [0.29, 0.717) is 6.42 Å². The van der Waals surface area contributed by atoms with Crippen LogP contribution in [-0.2, 0) is 0 Å². The smallest absolute Gasteiger partial charge is 0.119 e. The molecule has 0 saturated carbocycles. The lowest BCUT2D eigenvalue weighted by Gasteiger charge is -2.21. The lowest BCUT2D eigenvalue weighted by atomic mass is 10.0. The predicted octanol–water partition coefficient (Wildman–Crippen LogP) is 2.39. The fourth-order valence-electron chi connectivity index (χ4n) is 1.13. The molecule has 1 atom stereocenters. The van der Waals surface area contributed by atoms with E-state index < -0.39 is 5.60 Å². The van der Waals surface area contributed by atoms with Gasteiger partial charge in [0.1, 0.15) is 12.4 Å². The molecule has 0 heterocycles. The Bertz CT molecular complexity index is 278. The maximum atomic E-state index is 9.78. The largest absolute Gasteiger partial charge is 0.491 e. The summed E-state index contributed by atoms with van der Waals surface area (Å²) in [6.07, 6.45) is 2.22. The zero-order chi connectivity index (χ0) is 10.4. The second-order valence-electron chi connectivity index (χ2n) is 3.59. The molecule has 1 N–H and O–H groups in total. The second-order valence-corrected chi connectivity index (χ2v) is 3.59. The Morgan fingerprint density at radius 2 is 2.07 bits per heavy atom. The van der Waals surface area contributed by atoms with Crippen LogP contribution in [0.1, 0.15) is 13.3 Å². The van der Waals surface area contributed by atoms with Gasteiger partial charge in [-0.25, -0.2) is 0 Å². The van der Waals surface area contributed by atoms with Crippen molar-refractivity contribution in [3.63, 3.8) is 0 Å². The highest BCUT2D eigenvalue weighted by molar-refractivity contribution is 5.21. The molecule has 0 bridgehead atoms. The number of para-hydroxylation sites is 1. The van der Waals surface area contributed by atoms with Crippen molar-refractivity contribution >= 4 is 0 Å². The van der Waals surface area contributed by atoms with Crippen LogP contribution >= 0.6 is 0 Å². The first-order valence-corrected chi connectivity index (χ1v) is 4.65. The minimum atomic E-state index is -0.836. The summed E-state index contributed by atoms with van der Waals surface area (Å²) in [4.78, 5) is 0. The van der Waals surface area contributed by atoms with E-state index in [2.05, 4.69) is 6.58 Å². The zero-order valence-corrected chi connectivity index (χ0v) is 8.44. The average molecular weight is 192 g/mol. The quantitative estimate of drug-likeness (QED) is 0.726. The maximum Gasteiger partial charge on any atom is 0.119 e. The van der Waals surface area contributed by atoms with E-state index in [1.807, 2.05) is 30.3 Å². The van der Waals surface area contributed by atoms with Crippen LogP contribution in [0, 0.1) is 0 Å². The van der Waals surface area contributed by atoms with Gasteiger partial charge in [0.15, 0.2) is 0 Å². The van der Waals surface area contributed by atoms with Gasteiger partial charge in [-0.2, -0.15) is 0 Å². The standard InChI is InChI=1S/C12H16O2/c1-3-9-12(2,13)10-14-11-7-5-4-6-8-11/h3-8,13H,1,9-10H2,2H3. The summed E-state index contributed by atoms with van der Waals surface area (Å²) in [6.45, 7) is 5.60. The Hall–Kier alpha value is -1.28. The Kier molecular flexibility index (Phi) is 3.72. The van der Waals surface area contributed by atoms with Crippen LogP contribution < -0.4 is 4.74 Å². The number of hydrogen-bond acceptors (Lipinski definition) is 2. The van der Waals surface area contributed by atoms with Gasteiger partial charge in [-0.15, -0.1) is 6.58 Å². The molecule has 0 fully saturated rings. The summed E-state index contributed by atoms with van der Waals surface area (Å²) in [5.41, 5.74) is -0.836. The third-order valence-electron chi connectivity index (χ3n) is 1.88. The summed E-state index contributed by atoms with van der Waals surface area (Å²) in [5.74, 6) is 0.775. The molecule has 0 amide bonds. The molecule has 0 saturated heterocycles. The number of aliphatic hydroxyl groups is 1. The van der Waals surface area contributed by atoms with Crippen molar-refractivity contribution in [1.82, 2.24) is 0 Å². The van der Waals surface area contributed by atoms with Crippen LogP contribution in [0.3, 0.4) is 0 Å². The lowest BCUT2D eigenvalue weighted by molar-refractivity contribution is 0.0143. The molecule has 0 aromatic heterocycles. The molecule has 76 valence electrons. The fourth-order valence-corrected chi connectivity index (χ4v) is 1.13. The van der Waals surface area contributed by atoms with E-state index >= 15 is 0 Å². The maximum absolute atomic E-state index is 9.78. The van der Waals surface area contributed by atoms with Gasteiger partial charge in [-0.3, -0.25) is 0 Å². The molecule has 2 nitrogen and oxygen atoms in total. The van der Waals surface area contributed by atoms with Crippen molar-refractivity contribution < 1.29 is 9.84 Å². The summed E-state index contributed by atoms with van der Waals surface area (Å²) in [6, 6.07) is 9.46. The van der Waals surface area contributed by atoms with Crippen molar-refractivity contribution in [3.05, 3.63) is 43.0 Å². The summed E-state index contributed by atoms with van der Waals surface area (Å²) >= 11 is 0. The first kappa shape index (κ1) is 10.8. The van der Waals surface area contributed by atoms with Gasteiger partial charge in [0, 0.05) is 0 Å². The number of hydrogen-bond donors (Lipinski definition) is 1. The minimum absolute atomic E-state index is 0.281. The van der Waals surface area contributed by atoms with Gasteiger partial charge in [-0.1, -0.05) is 24.3 Å². The highest BCUT2D eigenvalue weighted by atomic mass is 16.5. The van der Waals surface area contributed by atoms with Crippen molar-refractivity contribution in [3.8, 4) is 5.75 Å². The normalized spacial score (nSPS) is 14.4. The van der Waals surface area contributed by atoms with E-state index in [0.717, 1.165) is 5.75 Å². The molecular formula is C12H16O2. The predicted molar refractivity (Wildman–Crippen MR) is 57.4 cm³/mol. The van der Waals surface area contributed by atoms with Gasteiger partial charge in [0.25, 0.3) is 0 Å². The molecule has 14 heavy (non-hydrogen) atoms. The molecular weight excluding hydrogens is 176 g/mol. The van der Waals surface area contributed by atoms with E-state index in [4.69, 9.17) is 4.74 Å². The van der Waals surface area contributed by atoms with Gasteiger partial charge in [-0.05, 0) is 25.5 Å². The first-order chi connectivity index (χ1) is 6.64. The fraction of sp³-hybridized carbons (Fsp3) is 0.333. The second kappa shape index (κ2) is 4.82. The Morgan fingerprint density at radius 1 is 1.43 bits per heavy atom. The molecule has 0 radical (unpaired) electrons. The van der Waals surface area contributed by atoms with Gasteiger partial charge < -0.3 is 9.84 Å². The topological polar surface area (TPSA) is 29.5 Å². The number of ether oxygens (including phenoxy) is 1. The number of benzene rings is 1. The third-order valence-corrected chi connectivity index (χ3v) is 1.88. The molecule has 1 rings (SSSR count). The Labute approximate surface area is 84.8 Å². The highest BCUT2D eigenvalue weighted by Gasteiger charge is 2.19. The average Bonchev–Trinajstić information content (AvgIpc) is 2.17. The van der Waals surface area contributed by atoms with Crippen molar-refractivity contribution in [2.75, 3.05) is 6.61 Å². The molecule has 1 unspecified atom stereocenters. The summed E-state index contributed by atoms with van der Waals surface area (Å²) in [7, 11) is 0. The van der Waals surface area contributed by atoms with Crippen LogP contribution in [0.25, 0.3) is 0 Å². The molecule has 0 spiro atoms. The van der Waals surface area contributed by atoms with E-state index in [9.17, 15) is 5.11 Å². The molecule has 0 aliphatic carbocycles. The van der Waals surface area contributed by atoms with E-state index in [1.165, 1.54) is 0 Å². The lowest BCUT2D eigenvalue weighted by Crippen LogP contribution is -2.31. The van der Waals surface area contributed by atoms with Crippen molar-refractivity contribution in [1.29, 1.82) is 0 Å². The SMILES string of the molecule is C=CCC(C)(O)COc1ccccc1. The Balaban J connectivity index is 2.44. The first-order valence-electron chi connectivity index (χ1n) is 4.65. The molecule has 0 aliphatic heterocycles. The van der Waals surface area contributed by atoms with E-state index in [-0.39, 0.29) is 6.61 Å². The van der Waals surface area contributed by atoms with Crippen LogP contribution in [0.2, 0.25) is 0 Å².